The number of nitrogens with one attached hydrogen (secondary N) is 2. The van der Waals surface area contributed by atoms with Gasteiger partial charge in [-0.15, -0.1) is 0 Å². The second kappa shape index (κ2) is 4.63. The summed E-state index contributed by atoms with van der Waals surface area (Å²) in [6.45, 7) is 2.01. The van der Waals surface area contributed by atoms with E-state index in [1.165, 1.54) is 0 Å². The summed E-state index contributed by atoms with van der Waals surface area (Å²) in [6, 6.07) is -0.0518. The van der Waals surface area contributed by atoms with Gasteiger partial charge in [-0.05, 0) is 18.0 Å². The van der Waals surface area contributed by atoms with E-state index in [0.717, 1.165) is 11.8 Å². The van der Waals surface area contributed by atoms with E-state index in [-0.39, 0.29) is 17.9 Å². The molecule has 2 rings (SSSR count). The lowest BCUT2D eigenvalue weighted by Gasteiger charge is -2.14. The van der Waals surface area contributed by atoms with Crippen LogP contribution in [0.15, 0.2) is 6.20 Å². The summed E-state index contributed by atoms with van der Waals surface area (Å²) in [5.41, 5.74) is 0.579. The topological polar surface area (TPSA) is 86.7 Å². The molecule has 0 saturated carbocycles. The van der Waals surface area contributed by atoms with Crippen molar-refractivity contribution < 1.29 is 5.11 Å². The Morgan fingerprint density at radius 1 is 1.56 bits per heavy atom. The van der Waals surface area contributed by atoms with E-state index in [2.05, 4.69) is 25.5 Å². The van der Waals surface area contributed by atoms with E-state index in [0.29, 0.717) is 11.5 Å². The van der Waals surface area contributed by atoms with Crippen molar-refractivity contribution in [2.24, 2.45) is 0 Å². The Labute approximate surface area is 97.1 Å². The Morgan fingerprint density at radius 3 is 3.06 bits per heavy atom. The van der Waals surface area contributed by atoms with Crippen molar-refractivity contribution in [3.05, 3.63) is 11.5 Å². The van der Waals surface area contributed by atoms with Crippen molar-refractivity contribution in [2.45, 2.75) is 19.4 Å². The zero-order chi connectivity index (χ0) is 11.5. The Kier molecular flexibility index (Phi) is 3.21. The van der Waals surface area contributed by atoms with Gasteiger partial charge in [0, 0.05) is 0 Å². The van der Waals surface area contributed by atoms with Gasteiger partial charge in [-0.1, -0.05) is 6.92 Å². The molecule has 2 aromatic heterocycles. The summed E-state index contributed by atoms with van der Waals surface area (Å²) in [5.74, 6) is 0.588. The smallest absolute Gasteiger partial charge is 0.226 e. The highest BCUT2D eigenvalue weighted by Gasteiger charge is 2.11. The van der Waals surface area contributed by atoms with Gasteiger partial charge in [-0.3, -0.25) is 5.10 Å². The summed E-state index contributed by atoms with van der Waals surface area (Å²) in [7, 11) is 0. The van der Waals surface area contributed by atoms with E-state index < -0.39 is 0 Å². The van der Waals surface area contributed by atoms with Gasteiger partial charge in [0.2, 0.25) is 5.28 Å². The molecule has 0 saturated heterocycles. The first-order valence-electron chi connectivity index (χ1n) is 4.98. The molecule has 0 aromatic carbocycles. The SMILES string of the molecule is CCC(CO)Nc1nc(Cl)nc2[nH]ncc12. The van der Waals surface area contributed by atoms with Gasteiger partial charge in [0.15, 0.2) is 5.65 Å². The summed E-state index contributed by atoms with van der Waals surface area (Å²) in [6.07, 6.45) is 2.41. The number of hydrogen-bond donors (Lipinski definition) is 3. The molecular weight excluding hydrogens is 230 g/mol. The van der Waals surface area contributed by atoms with Crippen LogP contribution in [-0.2, 0) is 0 Å². The first kappa shape index (κ1) is 11.1. The summed E-state index contributed by atoms with van der Waals surface area (Å²) < 4.78 is 0. The monoisotopic (exact) mass is 241 g/mol. The molecule has 0 aliphatic rings. The Morgan fingerprint density at radius 2 is 2.38 bits per heavy atom. The van der Waals surface area contributed by atoms with Gasteiger partial charge in [0.1, 0.15) is 5.82 Å². The fraction of sp³-hybridized carbons (Fsp3) is 0.444. The maximum absolute atomic E-state index is 9.12. The fourth-order valence-electron chi connectivity index (χ4n) is 1.39. The van der Waals surface area contributed by atoms with E-state index in [9.17, 15) is 0 Å². The van der Waals surface area contributed by atoms with Gasteiger partial charge < -0.3 is 10.4 Å². The molecular formula is C9H12ClN5O. The maximum atomic E-state index is 9.12. The van der Waals surface area contributed by atoms with Crippen molar-refractivity contribution >= 4 is 28.5 Å². The number of rotatable bonds is 4. The van der Waals surface area contributed by atoms with Gasteiger partial charge in [-0.25, -0.2) is 0 Å². The number of aromatic nitrogens is 4. The lowest BCUT2D eigenvalue weighted by Crippen LogP contribution is -2.23. The molecule has 1 atom stereocenters. The number of fused-ring (bicyclic) bond motifs is 1. The number of aliphatic hydroxyl groups excluding tert-OH is 1. The number of aliphatic hydroxyl groups is 1. The molecule has 0 aliphatic carbocycles. The molecule has 0 amide bonds. The third kappa shape index (κ3) is 2.07. The van der Waals surface area contributed by atoms with Crippen molar-refractivity contribution in [3.8, 4) is 0 Å². The molecule has 6 nitrogen and oxygen atoms in total. The van der Waals surface area contributed by atoms with Crippen LogP contribution in [0, 0.1) is 0 Å². The van der Waals surface area contributed by atoms with Crippen LogP contribution in [0.25, 0.3) is 11.0 Å². The van der Waals surface area contributed by atoms with Crippen LogP contribution in [0.4, 0.5) is 5.82 Å². The largest absolute Gasteiger partial charge is 0.394 e. The number of anilines is 1. The second-order valence-electron chi connectivity index (χ2n) is 3.41. The van der Waals surface area contributed by atoms with E-state index in [1.54, 1.807) is 6.20 Å². The highest BCUT2D eigenvalue weighted by Crippen LogP contribution is 2.20. The fourth-order valence-corrected chi connectivity index (χ4v) is 1.56. The first-order chi connectivity index (χ1) is 7.74. The lowest BCUT2D eigenvalue weighted by atomic mass is 10.2. The molecule has 0 bridgehead atoms. The van der Waals surface area contributed by atoms with Crippen molar-refractivity contribution in [1.82, 2.24) is 20.2 Å². The lowest BCUT2D eigenvalue weighted by molar-refractivity contribution is 0.271. The van der Waals surface area contributed by atoms with Crippen molar-refractivity contribution in [3.63, 3.8) is 0 Å². The number of halogens is 1. The van der Waals surface area contributed by atoms with Crippen LogP contribution in [0.3, 0.4) is 0 Å². The molecule has 16 heavy (non-hydrogen) atoms. The molecule has 1 unspecified atom stereocenters. The summed E-state index contributed by atoms with van der Waals surface area (Å²) >= 11 is 5.78. The average Bonchev–Trinajstić information content (AvgIpc) is 2.73. The molecule has 0 fully saturated rings. The Hall–Kier alpha value is -1.40. The minimum absolute atomic E-state index is 0.0392. The van der Waals surface area contributed by atoms with Crippen LogP contribution in [0.5, 0.6) is 0 Å². The molecule has 0 aliphatic heterocycles. The maximum Gasteiger partial charge on any atom is 0.226 e. The first-order valence-corrected chi connectivity index (χ1v) is 5.36. The number of nitrogens with zero attached hydrogens (tertiary/aromatic N) is 3. The third-order valence-corrected chi connectivity index (χ3v) is 2.51. The second-order valence-corrected chi connectivity index (χ2v) is 3.74. The highest BCUT2D eigenvalue weighted by molar-refractivity contribution is 6.28. The Balaban J connectivity index is 2.38. The number of H-pyrrole nitrogens is 1. The van der Waals surface area contributed by atoms with Gasteiger partial charge in [0.05, 0.1) is 24.2 Å². The van der Waals surface area contributed by atoms with Crippen LogP contribution in [-0.4, -0.2) is 37.9 Å². The minimum atomic E-state index is -0.0518. The quantitative estimate of drug-likeness (QED) is 0.700. The van der Waals surface area contributed by atoms with Gasteiger partial charge in [0.25, 0.3) is 0 Å². The van der Waals surface area contributed by atoms with Crippen LogP contribution in [0.1, 0.15) is 13.3 Å². The molecule has 0 radical (unpaired) electrons. The zero-order valence-corrected chi connectivity index (χ0v) is 9.49. The summed E-state index contributed by atoms with van der Waals surface area (Å²) in [5, 5.41) is 19.7. The number of hydrogen-bond acceptors (Lipinski definition) is 5. The van der Waals surface area contributed by atoms with Gasteiger partial charge in [-0.2, -0.15) is 15.1 Å². The molecule has 86 valence electrons. The van der Waals surface area contributed by atoms with Crippen LogP contribution in [0.2, 0.25) is 5.28 Å². The Bertz CT molecular complexity index is 482. The van der Waals surface area contributed by atoms with E-state index in [4.69, 9.17) is 16.7 Å². The standard InChI is InChI=1S/C9H12ClN5O/c1-2-5(4-16)12-7-6-3-11-15-8(6)14-9(10)13-7/h3,5,16H,2,4H2,1H3,(H2,11,12,13,14,15). The normalized spacial score (nSPS) is 12.9. The van der Waals surface area contributed by atoms with E-state index in [1.807, 2.05) is 6.92 Å². The third-order valence-electron chi connectivity index (χ3n) is 2.34. The molecule has 3 N–H and O–H groups in total. The summed E-state index contributed by atoms with van der Waals surface area (Å²) in [4.78, 5) is 8.07. The molecule has 0 spiro atoms. The number of aromatic amines is 1. The van der Waals surface area contributed by atoms with Crippen molar-refractivity contribution in [2.75, 3.05) is 11.9 Å². The van der Waals surface area contributed by atoms with E-state index >= 15 is 0 Å². The molecule has 7 heteroatoms. The van der Waals surface area contributed by atoms with Gasteiger partial charge >= 0.3 is 0 Å². The van der Waals surface area contributed by atoms with Crippen molar-refractivity contribution in [1.29, 1.82) is 0 Å². The highest BCUT2D eigenvalue weighted by atomic mass is 35.5. The predicted octanol–water partition coefficient (Wildman–Crippen LogP) is 1.19. The minimum Gasteiger partial charge on any atom is -0.394 e. The van der Waals surface area contributed by atoms with Crippen LogP contribution >= 0.6 is 11.6 Å². The average molecular weight is 242 g/mol. The predicted molar refractivity (Wildman–Crippen MR) is 61.5 cm³/mol. The van der Waals surface area contributed by atoms with Crippen LogP contribution < -0.4 is 5.32 Å². The molecule has 2 heterocycles. The molecule has 2 aromatic rings. The zero-order valence-electron chi connectivity index (χ0n) is 8.74.